The number of aryl methyl sites for hydroxylation is 1. The molecule has 1 aromatic rings. The van der Waals surface area contributed by atoms with E-state index in [2.05, 4.69) is 19.1 Å². The highest BCUT2D eigenvalue weighted by atomic mass is 16.5. The quantitative estimate of drug-likeness (QED) is 0.867. The molecule has 94 valence electrons. The van der Waals surface area contributed by atoms with E-state index in [4.69, 9.17) is 9.84 Å². The molecule has 0 unspecified atom stereocenters. The van der Waals surface area contributed by atoms with E-state index in [-0.39, 0.29) is 0 Å². The van der Waals surface area contributed by atoms with Crippen molar-refractivity contribution >= 4 is 0 Å². The summed E-state index contributed by atoms with van der Waals surface area (Å²) in [5, 5.41) is 9.08. The molecule has 0 aliphatic heterocycles. The summed E-state index contributed by atoms with van der Waals surface area (Å²) in [4.78, 5) is 0. The second-order valence-electron chi connectivity index (χ2n) is 5.19. The lowest BCUT2D eigenvalue weighted by atomic mass is 9.83. The molecular formula is C15H22O2. The molecule has 2 heteroatoms. The molecule has 0 saturated heterocycles. The summed E-state index contributed by atoms with van der Waals surface area (Å²) >= 11 is 0. The topological polar surface area (TPSA) is 29.5 Å². The van der Waals surface area contributed by atoms with Gasteiger partial charge in [-0.3, -0.25) is 0 Å². The van der Waals surface area contributed by atoms with Crippen molar-refractivity contribution in [2.24, 2.45) is 11.8 Å². The van der Waals surface area contributed by atoms with Crippen LogP contribution in [0.15, 0.2) is 24.3 Å². The predicted molar refractivity (Wildman–Crippen MR) is 69.2 cm³/mol. The summed E-state index contributed by atoms with van der Waals surface area (Å²) in [5.41, 5.74) is 1.26. The third-order valence-corrected chi connectivity index (χ3v) is 3.73. The van der Waals surface area contributed by atoms with Crippen molar-refractivity contribution in [1.29, 1.82) is 0 Å². The minimum absolute atomic E-state index is 0.353. The number of aliphatic hydroxyl groups excluding tert-OH is 1. The maximum absolute atomic E-state index is 9.08. The van der Waals surface area contributed by atoms with Gasteiger partial charge in [0.1, 0.15) is 5.75 Å². The van der Waals surface area contributed by atoms with Crippen molar-refractivity contribution in [2.75, 3.05) is 13.2 Å². The van der Waals surface area contributed by atoms with Crippen molar-refractivity contribution in [3.63, 3.8) is 0 Å². The molecule has 0 atom stereocenters. The van der Waals surface area contributed by atoms with Crippen LogP contribution < -0.4 is 4.74 Å². The van der Waals surface area contributed by atoms with Gasteiger partial charge in [0.2, 0.25) is 0 Å². The normalized spacial score (nSPS) is 24.6. The lowest BCUT2D eigenvalue weighted by Gasteiger charge is -2.27. The zero-order valence-corrected chi connectivity index (χ0v) is 10.6. The Morgan fingerprint density at radius 2 is 1.65 bits per heavy atom. The summed E-state index contributed by atoms with van der Waals surface area (Å²) in [6.45, 7) is 3.26. The fourth-order valence-corrected chi connectivity index (χ4v) is 2.43. The van der Waals surface area contributed by atoms with Crippen molar-refractivity contribution in [3.8, 4) is 5.75 Å². The highest BCUT2D eigenvalue weighted by Gasteiger charge is 2.20. The Balaban J connectivity index is 1.74. The molecule has 1 aromatic carbocycles. The Morgan fingerprint density at radius 3 is 2.24 bits per heavy atom. The number of rotatable bonds is 4. The molecule has 1 aliphatic carbocycles. The molecule has 1 aliphatic rings. The first-order valence-electron chi connectivity index (χ1n) is 6.58. The highest BCUT2D eigenvalue weighted by molar-refractivity contribution is 5.26. The molecule has 17 heavy (non-hydrogen) atoms. The molecule has 1 fully saturated rings. The summed E-state index contributed by atoms with van der Waals surface area (Å²) in [7, 11) is 0. The molecule has 2 rings (SSSR count). The Kier molecular flexibility index (Phi) is 4.43. The van der Waals surface area contributed by atoms with Gasteiger partial charge in [-0.25, -0.2) is 0 Å². The molecule has 2 nitrogen and oxygen atoms in total. The van der Waals surface area contributed by atoms with E-state index in [9.17, 15) is 0 Å². The van der Waals surface area contributed by atoms with Gasteiger partial charge in [-0.05, 0) is 56.6 Å². The van der Waals surface area contributed by atoms with Gasteiger partial charge in [-0.2, -0.15) is 0 Å². The third-order valence-electron chi connectivity index (χ3n) is 3.73. The van der Waals surface area contributed by atoms with Gasteiger partial charge in [0.05, 0.1) is 6.61 Å². The van der Waals surface area contributed by atoms with Crippen LogP contribution in [0.25, 0.3) is 0 Å². The fraction of sp³-hybridized carbons (Fsp3) is 0.600. The smallest absolute Gasteiger partial charge is 0.119 e. The van der Waals surface area contributed by atoms with Crippen LogP contribution in [0.5, 0.6) is 5.75 Å². The van der Waals surface area contributed by atoms with Crippen LogP contribution in [-0.4, -0.2) is 18.3 Å². The Morgan fingerprint density at radius 1 is 1.06 bits per heavy atom. The maximum Gasteiger partial charge on any atom is 0.119 e. The first-order chi connectivity index (χ1) is 8.28. The Bertz CT molecular complexity index is 323. The molecule has 0 aromatic heterocycles. The molecule has 0 bridgehead atoms. The molecule has 0 radical (unpaired) electrons. The number of hydrogen-bond donors (Lipinski definition) is 1. The van der Waals surface area contributed by atoms with E-state index >= 15 is 0 Å². The number of hydrogen-bond acceptors (Lipinski definition) is 2. The van der Waals surface area contributed by atoms with Crippen LogP contribution in [0.4, 0.5) is 0 Å². The molecule has 1 saturated carbocycles. The van der Waals surface area contributed by atoms with Crippen molar-refractivity contribution in [1.82, 2.24) is 0 Å². The molecule has 0 spiro atoms. The van der Waals surface area contributed by atoms with Crippen LogP contribution in [0.2, 0.25) is 0 Å². The van der Waals surface area contributed by atoms with E-state index < -0.39 is 0 Å². The van der Waals surface area contributed by atoms with Crippen LogP contribution in [-0.2, 0) is 0 Å². The van der Waals surface area contributed by atoms with Crippen LogP contribution in [0, 0.1) is 18.8 Å². The second kappa shape index (κ2) is 6.06. The predicted octanol–water partition coefficient (Wildman–Crippen LogP) is 3.17. The SMILES string of the molecule is Cc1ccc(OCC2CCC(CO)CC2)cc1. The summed E-state index contributed by atoms with van der Waals surface area (Å²) in [6, 6.07) is 8.24. The standard InChI is InChI=1S/C15H22O2/c1-12-2-8-15(9-3-12)17-11-14-6-4-13(10-16)5-7-14/h2-3,8-9,13-14,16H,4-7,10-11H2,1H3. The monoisotopic (exact) mass is 234 g/mol. The minimum Gasteiger partial charge on any atom is -0.493 e. The molecule has 0 amide bonds. The van der Waals surface area contributed by atoms with Crippen molar-refractivity contribution in [3.05, 3.63) is 29.8 Å². The Hall–Kier alpha value is -1.02. The largest absolute Gasteiger partial charge is 0.493 e. The van der Waals surface area contributed by atoms with E-state index in [1.54, 1.807) is 0 Å². The second-order valence-corrected chi connectivity index (χ2v) is 5.19. The van der Waals surface area contributed by atoms with Gasteiger partial charge in [-0.1, -0.05) is 17.7 Å². The van der Waals surface area contributed by atoms with Gasteiger partial charge in [0.25, 0.3) is 0 Å². The van der Waals surface area contributed by atoms with Crippen LogP contribution >= 0.6 is 0 Å². The summed E-state index contributed by atoms with van der Waals surface area (Å²) < 4.78 is 5.81. The first kappa shape index (κ1) is 12.4. The molecular weight excluding hydrogens is 212 g/mol. The minimum atomic E-state index is 0.353. The highest BCUT2D eigenvalue weighted by Crippen LogP contribution is 2.28. The number of aliphatic hydroxyl groups is 1. The molecule has 0 heterocycles. The fourth-order valence-electron chi connectivity index (χ4n) is 2.43. The number of benzene rings is 1. The summed E-state index contributed by atoms with van der Waals surface area (Å²) in [6.07, 6.45) is 4.69. The van der Waals surface area contributed by atoms with Gasteiger partial charge in [-0.15, -0.1) is 0 Å². The van der Waals surface area contributed by atoms with Crippen LogP contribution in [0.3, 0.4) is 0 Å². The van der Waals surface area contributed by atoms with E-state index in [0.717, 1.165) is 25.2 Å². The van der Waals surface area contributed by atoms with E-state index in [1.807, 2.05) is 12.1 Å². The van der Waals surface area contributed by atoms with Crippen molar-refractivity contribution in [2.45, 2.75) is 32.6 Å². The Labute approximate surface area is 104 Å². The van der Waals surface area contributed by atoms with Crippen molar-refractivity contribution < 1.29 is 9.84 Å². The van der Waals surface area contributed by atoms with Gasteiger partial charge in [0.15, 0.2) is 0 Å². The molecule has 1 N–H and O–H groups in total. The zero-order valence-electron chi connectivity index (χ0n) is 10.6. The zero-order chi connectivity index (χ0) is 12.1. The van der Waals surface area contributed by atoms with E-state index in [0.29, 0.717) is 18.4 Å². The van der Waals surface area contributed by atoms with E-state index in [1.165, 1.54) is 18.4 Å². The average Bonchev–Trinajstić information content (AvgIpc) is 2.39. The van der Waals surface area contributed by atoms with Gasteiger partial charge in [0, 0.05) is 6.61 Å². The summed E-state index contributed by atoms with van der Waals surface area (Å²) in [5.74, 6) is 2.17. The maximum atomic E-state index is 9.08. The average molecular weight is 234 g/mol. The van der Waals surface area contributed by atoms with Crippen LogP contribution in [0.1, 0.15) is 31.2 Å². The first-order valence-corrected chi connectivity index (χ1v) is 6.58. The lowest BCUT2D eigenvalue weighted by Crippen LogP contribution is -2.21. The van der Waals surface area contributed by atoms with Gasteiger partial charge >= 0.3 is 0 Å². The number of ether oxygens (including phenoxy) is 1. The van der Waals surface area contributed by atoms with Gasteiger partial charge < -0.3 is 9.84 Å². The lowest BCUT2D eigenvalue weighted by molar-refractivity contribution is 0.139. The third kappa shape index (κ3) is 3.74.